The van der Waals surface area contributed by atoms with Gasteiger partial charge in [-0.1, -0.05) is 19.3 Å². The lowest BCUT2D eigenvalue weighted by atomic mass is 9.89. The first kappa shape index (κ1) is 16.7. The van der Waals surface area contributed by atoms with Crippen LogP contribution >= 0.6 is 0 Å². The molecule has 24 heavy (non-hydrogen) atoms. The van der Waals surface area contributed by atoms with E-state index >= 15 is 0 Å². The SMILES string of the molecule is O=C(NCC1CCCCC1)c1ccc(N2CCCC2)c([N+](=O)[O-])c1. The topological polar surface area (TPSA) is 75.5 Å². The molecule has 1 amide bonds. The smallest absolute Gasteiger partial charge is 0.293 e. The maximum Gasteiger partial charge on any atom is 0.293 e. The van der Waals surface area contributed by atoms with Crippen LogP contribution in [-0.4, -0.2) is 30.5 Å². The molecule has 6 nitrogen and oxygen atoms in total. The molecule has 0 radical (unpaired) electrons. The van der Waals surface area contributed by atoms with Gasteiger partial charge in [0.15, 0.2) is 0 Å². The molecule has 3 rings (SSSR count). The van der Waals surface area contributed by atoms with E-state index in [0.717, 1.165) is 38.8 Å². The zero-order chi connectivity index (χ0) is 16.9. The van der Waals surface area contributed by atoms with Crippen LogP contribution in [0.3, 0.4) is 0 Å². The van der Waals surface area contributed by atoms with Crippen molar-refractivity contribution in [3.63, 3.8) is 0 Å². The van der Waals surface area contributed by atoms with E-state index in [1.807, 2.05) is 4.90 Å². The van der Waals surface area contributed by atoms with Gasteiger partial charge in [-0.15, -0.1) is 0 Å². The number of rotatable bonds is 5. The zero-order valence-corrected chi connectivity index (χ0v) is 14.0. The van der Waals surface area contributed by atoms with Crippen molar-refractivity contribution < 1.29 is 9.72 Å². The number of nitro groups is 1. The van der Waals surface area contributed by atoms with Crippen molar-refractivity contribution in [1.29, 1.82) is 0 Å². The molecular formula is C18H25N3O3. The van der Waals surface area contributed by atoms with Crippen LogP contribution < -0.4 is 10.2 Å². The molecule has 0 atom stereocenters. The minimum atomic E-state index is -0.383. The number of benzene rings is 1. The van der Waals surface area contributed by atoms with E-state index in [2.05, 4.69) is 5.32 Å². The van der Waals surface area contributed by atoms with Gasteiger partial charge in [-0.2, -0.15) is 0 Å². The van der Waals surface area contributed by atoms with Gasteiger partial charge in [-0.05, 0) is 43.7 Å². The van der Waals surface area contributed by atoms with Crippen LogP contribution in [0.1, 0.15) is 55.3 Å². The highest BCUT2D eigenvalue weighted by atomic mass is 16.6. The standard InChI is InChI=1S/C18H25N3O3/c22-18(19-13-14-6-2-1-3-7-14)15-8-9-16(17(12-15)21(23)24)20-10-4-5-11-20/h8-9,12,14H,1-7,10-11,13H2,(H,19,22). The normalized spacial score (nSPS) is 18.6. The molecule has 1 aromatic rings. The maximum atomic E-state index is 12.3. The number of anilines is 1. The molecular weight excluding hydrogens is 306 g/mol. The summed E-state index contributed by atoms with van der Waals surface area (Å²) in [5.41, 5.74) is 1.03. The van der Waals surface area contributed by atoms with E-state index in [1.54, 1.807) is 12.1 Å². The van der Waals surface area contributed by atoms with Gasteiger partial charge >= 0.3 is 0 Å². The summed E-state index contributed by atoms with van der Waals surface area (Å²) in [4.78, 5) is 25.4. The van der Waals surface area contributed by atoms with Crippen molar-refractivity contribution >= 4 is 17.3 Å². The highest BCUT2D eigenvalue weighted by Crippen LogP contribution is 2.31. The Bertz CT molecular complexity index is 606. The number of nitro benzene ring substituents is 1. The summed E-state index contributed by atoms with van der Waals surface area (Å²) in [6.07, 6.45) is 8.19. The minimum absolute atomic E-state index is 0.0298. The number of nitrogens with zero attached hydrogens (tertiary/aromatic N) is 2. The first-order valence-corrected chi connectivity index (χ1v) is 8.97. The van der Waals surface area contributed by atoms with E-state index in [1.165, 1.54) is 25.3 Å². The Morgan fingerprint density at radius 2 is 1.88 bits per heavy atom. The van der Waals surface area contributed by atoms with Crippen molar-refractivity contribution in [2.45, 2.75) is 44.9 Å². The summed E-state index contributed by atoms with van der Waals surface area (Å²) in [5.74, 6) is 0.332. The quantitative estimate of drug-likeness (QED) is 0.662. The van der Waals surface area contributed by atoms with Crippen LogP contribution in [0.4, 0.5) is 11.4 Å². The van der Waals surface area contributed by atoms with E-state index in [9.17, 15) is 14.9 Å². The number of amides is 1. The Balaban J connectivity index is 1.69. The fourth-order valence-corrected chi connectivity index (χ4v) is 3.77. The summed E-state index contributed by atoms with van der Waals surface area (Å²) in [6.45, 7) is 2.35. The molecule has 1 aliphatic carbocycles. The Labute approximate surface area is 142 Å². The molecule has 1 saturated carbocycles. The third-order valence-corrected chi connectivity index (χ3v) is 5.16. The largest absolute Gasteiger partial charge is 0.366 e. The molecule has 6 heteroatoms. The van der Waals surface area contributed by atoms with Crippen molar-refractivity contribution in [2.24, 2.45) is 5.92 Å². The third-order valence-electron chi connectivity index (χ3n) is 5.16. The third kappa shape index (κ3) is 3.86. The predicted octanol–water partition coefficient (Wildman–Crippen LogP) is 3.51. The molecule has 1 aromatic carbocycles. The molecule has 0 bridgehead atoms. The fourth-order valence-electron chi connectivity index (χ4n) is 3.77. The molecule has 0 unspecified atom stereocenters. The van der Waals surface area contributed by atoms with Crippen LogP contribution in [0.2, 0.25) is 0 Å². The van der Waals surface area contributed by atoms with Crippen molar-refractivity contribution in [3.05, 3.63) is 33.9 Å². The first-order valence-electron chi connectivity index (χ1n) is 8.97. The monoisotopic (exact) mass is 331 g/mol. The van der Waals surface area contributed by atoms with E-state index < -0.39 is 0 Å². The van der Waals surface area contributed by atoms with Gasteiger partial charge in [-0.25, -0.2) is 0 Å². The van der Waals surface area contributed by atoms with Gasteiger partial charge in [0.05, 0.1) is 4.92 Å². The van der Waals surface area contributed by atoms with Gasteiger partial charge in [0, 0.05) is 31.3 Å². The summed E-state index contributed by atoms with van der Waals surface area (Å²) in [6, 6.07) is 4.85. The van der Waals surface area contributed by atoms with Crippen LogP contribution in [0.25, 0.3) is 0 Å². The molecule has 0 aromatic heterocycles. The van der Waals surface area contributed by atoms with Crippen LogP contribution in [0.5, 0.6) is 0 Å². The molecule has 2 aliphatic rings. The summed E-state index contributed by atoms with van der Waals surface area (Å²) in [7, 11) is 0. The highest BCUT2D eigenvalue weighted by molar-refractivity contribution is 5.95. The number of hydrogen-bond donors (Lipinski definition) is 1. The molecule has 1 aliphatic heterocycles. The molecule has 1 saturated heterocycles. The van der Waals surface area contributed by atoms with Gasteiger partial charge in [0.25, 0.3) is 11.6 Å². The first-order chi connectivity index (χ1) is 11.6. The number of nitrogens with one attached hydrogen (secondary N) is 1. The second-order valence-corrected chi connectivity index (χ2v) is 6.87. The van der Waals surface area contributed by atoms with Crippen molar-refractivity contribution in [2.75, 3.05) is 24.5 Å². The Hall–Kier alpha value is -2.11. The lowest BCUT2D eigenvalue weighted by Gasteiger charge is -2.22. The second-order valence-electron chi connectivity index (χ2n) is 6.87. The predicted molar refractivity (Wildman–Crippen MR) is 93.5 cm³/mol. The zero-order valence-electron chi connectivity index (χ0n) is 14.0. The molecule has 1 heterocycles. The van der Waals surface area contributed by atoms with E-state index in [-0.39, 0.29) is 16.5 Å². The lowest BCUT2D eigenvalue weighted by Crippen LogP contribution is -2.30. The Kier molecular flexibility index (Phi) is 5.33. The van der Waals surface area contributed by atoms with Gasteiger partial charge in [0.1, 0.15) is 5.69 Å². The number of carbonyl (C=O) groups is 1. The summed E-state index contributed by atoms with van der Waals surface area (Å²) in [5, 5.41) is 14.4. The molecule has 130 valence electrons. The van der Waals surface area contributed by atoms with Gasteiger partial charge < -0.3 is 10.2 Å². The minimum Gasteiger partial charge on any atom is -0.366 e. The second kappa shape index (κ2) is 7.64. The van der Waals surface area contributed by atoms with Crippen molar-refractivity contribution in [1.82, 2.24) is 5.32 Å². The number of hydrogen-bond acceptors (Lipinski definition) is 4. The van der Waals surface area contributed by atoms with Gasteiger partial charge in [0.2, 0.25) is 0 Å². The van der Waals surface area contributed by atoms with E-state index in [0.29, 0.717) is 23.7 Å². The molecule has 0 spiro atoms. The average Bonchev–Trinajstić information content (AvgIpc) is 3.14. The Morgan fingerprint density at radius 1 is 1.17 bits per heavy atom. The van der Waals surface area contributed by atoms with Crippen LogP contribution in [0.15, 0.2) is 18.2 Å². The lowest BCUT2D eigenvalue weighted by molar-refractivity contribution is -0.384. The average molecular weight is 331 g/mol. The molecule has 2 fully saturated rings. The maximum absolute atomic E-state index is 12.3. The number of carbonyl (C=O) groups excluding carboxylic acids is 1. The van der Waals surface area contributed by atoms with Crippen molar-refractivity contribution in [3.8, 4) is 0 Å². The van der Waals surface area contributed by atoms with Gasteiger partial charge in [-0.3, -0.25) is 14.9 Å². The van der Waals surface area contributed by atoms with E-state index in [4.69, 9.17) is 0 Å². The Morgan fingerprint density at radius 3 is 2.54 bits per heavy atom. The molecule has 1 N–H and O–H groups in total. The van der Waals surface area contributed by atoms with Crippen LogP contribution in [-0.2, 0) is 0 Å². The van der Waals surface area contributed by atoms with Crippen LogP contribution in [0, 0.1) is 16.0 Å². The summed E-state index contributed by atoms with van der Waals surface area (Å²) >= 11 is 0. The highest BCUT2D eigenvalue weighted by Gasteiger charge is 2.24. The fraction of sp³-hybridized carbons (Fsp3) is 0.611. The summed E-state index contributed by atoms with van der Waals surface area (Å²) < 4.78 is 0.